The van der Waals surface area contributed by atoms with Crippen LogP contribution >= 0.6 is 0 Å². The van der Waals surface area contributed by atoms with Crippen molar-refractivity contribution in [1.29, 1.82) is 0 Å². The highest BCUT2D eigenvalue weighted by molar-refractivity contribution is 4.66. The molecule has 1 unspecified atom stereocenters. The van der Waals surface area contributed by atoms with Crippen molar-refractivity contribution in [3.05, 3.63) is 10.1 Å². The summed E-state index contributed by atoms with van der Waals surface area (Å²) in [6, 6.07) is -0.491. The average Bonchev–Trinajstić information content (AvgIpc) is 2.19. The Balaban J connectivity index is 2.05. The molecule has 0 aliphatic carbocycles. The Labute approximate surface area is 84.0 Å². The quantitative estimate of drug-likeness (QED) is 0.525. The van der Waals surface area contributed by atoms with Gasteiger partial charge in [0.05, 0.1) is 6.54 Å². The Hall–Kier alpha value is -0.680. The van der Waals surface area contributed by atoms with Gasteiger partial charge in [-0.3, -0.25) is 10.1 Å². The van der Waals surface area contributed by atoms with Crippen LogP contribution in [0.2, 0.25) is 0 Å². The number of nitro groups is 1. The lowest BCUT2D eigenvalue weighted by Gasteiger charge is -2.22. The highest BCUT2D eigenvalue weighted by atomic mass is 16.6. The molecule has 1 heterocycles. The normalized spacial score (nSPS) is 20.6. The van der Waals surface area contributed by atoms with Gasteiger partial charge in [-0.25, -0.2) is 0 Å². The van der Waals surface area contributed by atoms with Crippen molar-refractivity contribution < 1.29 is 9.66 Å². The van der Waals surface area contributed by atoms with E-state index in [1.807, 2.05) is 0 Å². The van der Waals surface area contributed by atoms with Gasteiger partial charge in [-0.1, -0.05) is 0 Å². The molecule has 0 aromatic heterocycles. The van der Waals surface area contributed by atoms with Crippen molar-refractivity contribution in [1.82, 2.24) is 5.32 Å². The molecule has 14 heavy (non-hydrogen) atoms. The first kappa shape index (κ1) is 11.4. The topological polar surface area (TPSA) is 64.4 Å². The first-order valence-electron chi connectivity index (χ1n) is 5.12. The van der Waals surface area contributed by atoms with Crippen LogP contribution in [0.4, 0.5) is 0 Å². The van der Waals surface area contributed by atoms with E-state index in [1.165, 1.54) is 0 Å². The monoisotopic (exact) mass is 202 g/mol. The lowest BCUT2D eigenvalue weighted by molar-refractivity contribution is -0.515. The Morgan fingerprint density at radius 3 is 2.79 bits per heavy atom. The fourth-order valence-corrected chi connectivity index (χ4v) is 1.52. The summed E-state index contributed by atoms with van der Waals surface area (Å²) in [6.45, 7) is 4.62. The van der Waals surface area contributed by atoms with Crippen LogP contribution in [0.3, 0.4) is 0 Å². The minimum absolute atomic E-state index is 0.253. The molecule has 5 nitrogen and oxygen atoms in total. The second-order valence-corrected chi connectivity index (χ2v) is 3.85. The molecule has 1 aliphatic heterocycles. The van der Waals surface area contributed by atoms with E-state index < -0.39 is 6.04 Å². The molecule has 1 N–H and O–H groups in total. The molecule has 0 bridgehead atoms. The van der Waals surface area contributed by atoms with Gasteiger partial charge in [0, 0.05) is 25.1 Å². The molecule has 1 atom stereocenters. The van der Waals surface area contributed by atoms with E-state index in [-0.39, 0.29) is 4.92 Å². The number of nitrogens with one attached hydrogen (secondary N) is 1. The molecule has 0 aromatic rings. The highest BCUT2D eigenvalue weighted by Gasteiger charge is 2.16. The van der Waals surface area contributed by atoms with Crippen LogP contribution in [0, 0.1) is 16.0 Å². The maximum Gasteiger partial charge on any atom is 0.222 e. The van der Waals surface area contributed by atoms with Crippen molar-refractivity contribution >= 4 is 0 Å². The first-order valence-corrected chi connectivity index (χ1v) is 5.12. The summed E-state index contributed by atoms with van der Waals surface area (Å²) in [4.78, 5) is 10.1. The van der Waals surface area contributed by atoms with E-state index in [0.29, 0.717) is 12.5 Å². The summed E-state index contributed by atoms with van der Waals surface area (Å²) < 4.78 is 5.23. The molecule has 1 saturated heterocycles. The predicted octanol–water partition coefficient (Wildman–Crippen LogP) is 0.668. The zero-order chi connectivity index (χ0) is 10.4. The number of rotatable bonds is 5. The molecule has 0 amide bonds. The van der Waals surface area contributed by atoms with Crippen LogP contribution in [0.25, 0.3) is 0 Å². The lowest BCUT2D eigenvalue weighted by Crippen LogP contribution is -2.35. The fourth-order valence-electron chi connectivity index (χ4n) is 1.52. The lowest BCUT2D eigenvalue weighted by atomic mass is 10.0. The van der Waals surface area contributed by atoms with E-state index in [0.717, 1.165) is 32.6 Å². The maximum absolute atomic E-state index is 10.3. The number of nitrogens with zero attached hydrogens (tertiary/aromatic N) is 1. The second kappa shape index (κ2) is 5.93. The Morgan fingerprint density at radius 1 is 1.57 bits per heavy atom. The van der Waals surface area contributed by atoms with Gasteiger partial charge in [-0.2, -0.15) is 0 Å². The Morgan fingerprint density at radius 2 is 2.21 bits per heavy atom. The molecule has 82 valence electrons. The van der Waals surface area contributed by atoms with Crippen LogP contribution in [0.5, 0.6) is 0 Å². The third-order valence-corrected chi connectivity index (χ3v) is 2.57. The summed E-state index contributed by atoms with van der Waals surface area (Å²) >= 11 is 0. The third-order valence-electron chi connectivity index (χ3n) is 2.57. The molecule has 1 rings (SSSR count). The number of hydrogen-bond donors (Lipinski definition) is 1. The largest absolute Gasteiger partial charge is 0.381 e. The maximum atomic E-state index is 10.3. The van der Waals surface area contributed by atoms with Crippen LogP contribution in [0.15, 0.2) is 0 Å². The van der Waals surface area contributed by atoms with Crippen molar-refractivity contribution in [2.24, 2.45) is 5.92 Å². The van der Waals surface area contributed by atoms with Crippen LogP contribution < -0.4 is 5.32 Å². The molecule has 1 aliphatic rings. The van der Waals surface area contributed by atoms with Gasteiger partial charge in [-0.15, -0.1) is 0 Å². The van der Waals surface area contributed by atoms with Crippen molar-refractivity contribution in [3.8, 4) is 0 Å². The smallest absolute Gasteiger partial charge is 0.222 e. The van der Waals surface area contributed by atoms with Crippen LogP contribution in [0.1, 0.15) is 19.8 Å². The van der Waals surface area contributed by atoms with E-state index in [1.54, 1.807) is 6.92 Å². The summed E-state index contributed by atoms with van der Waals surface area (Å²) in [7, 11) is 0. The SMILES string of the molecule is CC(CNCC1CCOCC1)[N+](=O)[O-]. The van der Waals surface area contributed by atoms with Crippen LogP contribution in [-0.4, -0.2) is 37.3 Å². The summed E-state index contributed by atoms with van der Waals surface area (Å²) in [5.74, 6) is 0.628. The highest BCUT2D eigenvalue weighted by Crippen LogP contribution is 2.12. The predicted molar refractivity (Wildman–Crippen MR) is 52.9 cm³/mol. The second-order valence-electron chi connectivity index (χ2n) is 3.85. The van der Waals surface area contributed by atoms with Gasteiger partial charge in [0.15, 0.2) is 0 Å². The number of hydrogen-bond acceptors (Lipinski definition) is 4. The molecule has 0 aromatic carbocycles. The minimum atomic E-state index is -0.491. The third kappa shape index (κ3) is 4.02. The minimum Gasteiger partial charge on any atom is -0.381 e. The molecule has 0 spiro atoms. The van der Waals surface area contributed by atoms with E-state index >= 15 is 0 Å². The van der Waals surface area contributed by atoms with E-state index in [4.69, 9.17) is 4.74 Å². The van der Waals surface area contributed by atoms with Gasteiger partial charge in [0.25, 0.3) is 0 Å². The standard InChI is InChI=1S/C9H18N2O3/c1-8(11(12)13)6-10-7-9-2-4-14-5-3-9/h8-10H,2-7H2,1H3. The summed E-state index contributed by atoms with van der Waals surface area (Å²) in [6.07, 6.45) is 2.14. The fraction of sp³-hybridized carbons (Fsp3) is 1.00. The zero-order valence-electron chi connectivity index (χ0n) is 8.57. The van der Waals surface area contributed by atoms with Crippen molar-refractivity contribution in [2.75, 3.05) is 26.3 Å². The van der Waals surface area contributed by atoms with Gasteiger partial charge in [0.1, 0.15) is 0 Å². The van der Waals surface area contributed by atoms with Crippen molar-refractivity contribution in [3.63, 3.8) is 0 Å². The number of ether oxygens (including phenoxy) is 1. The van der Waals surface area contributed by atoms with E-state index in [2.05, 4.69) is 5.32 Å². The molecule has 5 heteroatoms. The van der Waals surface area contributed by atoms with E-state index in [9.17, 15) is 10.1 Å². The summed E-state index contributed by atoms with van der Waals surface area (Å²) in [5.41, 5.74) is 0. The van der Waals surface area contributed by atoms with Crippen LogP contribution in [-0.2, 0) is 4.74 Å². The van der Waals surface area contributed by atoms with Gasteiger partial charge in [-0.05, 0) is 25.3 Å². The molecule has 0 radical (unpaired) electrons. The Kier molecular flexibility index (Phi) is 4.82. The summed E-state index contributed by atoms with van der Waals surface area (Å²) in [5, 5.41) is 13.5. The van der Waals surface area contributed by atoms with Gasteiger partial charge in [0.2, 0.25) is 6.04 Å². The Bertz CT molecular complexity index is 181. The molecular weight excluding hydrogens is 184 g/mol. The van der Waals surface area contributed by atoms with Gasteiger partial charge < -0.3 is 10.1 Å². The van der Waals surface area contributed by atoms with Gasteiger partial charge >= 0.3 is 0 Å². The first-order chi connectivity index (χ1) is 6.70. The van der Waals surface area contributed by atoms with Crippen molar-refractivity contribution in [2.45, 2.75) is 25.8 Å². The zero-order valence-corrected chi connectivity index (χ0v) is 8.57. The molecule has 0 saturated carbocycles. The molecule has 1 fully saturated rings. The average molecular weight is 202 g/mol. The molecular formula is C9H18N2O3.